The molecule has 0 atom stereocenters. The van der Waals surface area contributed by atoms with Crippen LogP contribution in [-0.2, 0) is 0 Å². The van der Waals surface area contributed by atoms with Gasteiger partial charge in [0.2, 0.25) is 0 Å². The van der Waals surface area contributed by atoms with Crippen molar-refractivity contribution in [1.82, 2.24) is 10.2 Å². The van der Waals surface area contributed by atoms with E-state index in [4.69, 9.17) is 5.73 Å². The number of anilines is 2. The fourth-order valence-electron chi connectivity index (χ4n) is 1.83. The van der Waals surface area contributed by atoms with Gasteiger partial charge in [-0.15, -0.1) is 0 Å². The van der Waals surface area contributed by atoms with Crippen LogP contribution in [0.3, 0.4) is 0 Å². The Kier molecular flexibility index (Phi) is 2.23. The Morgan fingerprint density at radius 2 is 2.35 bits per heavy atom. The summed E-state index contributed by atoms with van der Waals surface area (Å²) in [4.78, 5) is 0. The van der Waals surface area contributed by atoms with Crippen molar-refractivity contribution in [1.29, 1.82) is 0 Å². The Labute approximate surface area is 98.9 Å². The summed E-state index contributed by atoms with van der Waals surface area (Å²) in [5.74, 6) is 6.89. The third-order valence-corrected chi connectivity index (χ3v) is 2.68. The molecule has 1 aromatic heterocycles. The molecule has 17 heavy (non-hydrogen) atoms. The Bertz CT molecular complexity index is 655. The van der Waals surface area contributed by atoms with E-state index in [2.05, 4.69) is 33.4 Å². The smallest absolute Gasteiger partial charge is 0.160 e. The second-order valence-electron chi connectivity index (χ2n) is 3.96. The van der Waals surface area contributed by atoms with Crippen LogP contribution in [0, 0.1) is 11.8 Å². The number of nitrogens with zero attached hydrogens (tertiary/aromatic N) is 1. The molecule has 0 spiro atoms. The summed E-state index contributed by atoms with van der Waals surface area (Å²) < 4.78 is 0. The minimum atomic E-state index is 0.727. The van der Waals surface area contributed by atoms with Gasteiger partial charge in [0.25, 0.3) is 0 Å². The third kappa shape index (κ3) is 1.83. The average molecular weight is 224 g/mol. The molecule has 1 aliphatic carbocycles. The van der Waals surface area contributed by atoms with Gasteiger partial charge in [0, 0.05) is 17.5 Å². The van der Waals surface area contributed by atoms with Crippen LogP contribution in [0.15, 0.2) is 30.0 Å². The zero-order chi connectivity index (χ0) is 11.7. The number of aromatic amines is 1. The van der Waals surface area contributed by atoms with Crippen molar-refractivity contribution < 1.29 is 0 Å². The van der Waals surface area contributed by atoms with E-state index in [0.29, 0.717) is 0 Å². The Balaban J connectivity index is 1.99. The van der Waals surface area contributed by atoms with Gasteiger partial charge in [0.15, 0.2) is 5.82 Å². The van der Waals surface area contributed by atoms with Crippen LogP contribution < -0.4 is 11.1 Å². The molecule has 0 bridgehead atoms. The van der Waals surface area contributed by atoms with Crippen LogP contribution >= 0.6 is 0 Å². The van der Waals surface area contributed by atoms with Crippen molar-refractivity contribution in [3.8, 4) is 11.8 Å². The molecule has 0 saturated carbocycles. The van der Waals surface area contributed by atoms with E-state index in [0.717, 1.165) is 40.9 Å². The molecule has 4 N–H and O–H groups in total. The molecule has 1 aromatic carbocycles. The number of nitrogen functional groups attached to an aromatic ring is 1. The fourth-order valence-corrected chi connectivity index (χ4v) is 1.83. The first-order valence-electron chi connectivity index (χ1n) is 5.52. The number of H-pyrrole nitrogens is 1. The van der Waals surface area contributed by atoms with Gasteiger partial charge >= 0.3 is 0 Å². The van der Waals surface area contributed by atoms with Crippen LogP contribution in [0.5, 0.6) is 0 Å². The summed E-state index contributed by atoms with van der Waals surface area (Å²) >= 11 is 0. The van der Waals surface area contributed by atoms with E-state index in [1.165, 1.54) is 0 Å². The second-order valence-corrected chi connectivity index (χ2v) is 3.96. The highest BCUT2D eigenvalue weighted by Crippen LogP contribution is 2.24. The number of hydrogen-bond donors (Lipinski definition) is 3. The molecule has 0 unspecified atom stereocenters. The largest absolute Gasteiger partial charge is 0.399 e. The molecule has 1 aliphatic rings. The number of hydrogen-bond acceptors (Lipinski definition) is 3. The Morgan fingerprint density at radius 3 is 3.18 bits per heavy atom. The fraction of sp³-hybridized carbons (Fsp3) is 0.154. The van der Waals surface area contributed by atoms with Gasteiger partial charge in [-0.2, -0.15) is 5.10 Å². The van der Waals surface area contributed by atoms with E-state index in [-0.39, 0.29) is 0 Å². The average Bonchev–Trinajstić information content (AvgIpc) is 2.73. The van der Waals surface area contributed by atoms with Crippen molar-refractivity contribution in [3.05, 3.63) is 30.0 Å². The van der Waals surface area contributed by atoms with E-state index in [1.54, 1.807) is 0 Å². The SMILES string of the molecule is Nc1ccc2[nH]nc(NC3=CCCC#C3)c2c1. The maximum absolute atomic E-state index is 5.77. The van der Waals surface area contributed by atoms with Gasteiger partial charge in [-0.3, -0.25) is 5.10 Å². The van der Waals surface area contributed by atoms with Crippen molar-refractivity contribution in [2.24, 2.45) is 0 Å². The summed E-state index contributed by atoms with van der Waals surface area (Å²) in [6, 6.07) is 5.67. The van der Waals surface area contributed by atoms with Crippen LogP contribution in [0.25, 0.3) is 10.9 Å². The predicted molar refractivity (Wildman–Crippen MR) is 69.2 cm³/mol. The molecule has 4 heteroatoms. The summed E-state index contributed by atoms with van der Waals surface area (Å²) in [6.07, 6.45) is 4.00. The van der Waals surface area contributed by atoms with Gasteiger partial charge in [0.1, 0.15) is 0 Å². The summed E-state index contributed by atoms with van der Waals surface area (Å²) in [5.41, 5.74) is 8.37. The van der Waals surface area contributed by atoms with Gasteiger partial charge in [-0.25, -0.2) is 0 Å². The second kappa shape index (κ2) is 3.87. The summed E-state index contributed by atoms with van der Waals surface area (Å²) in [6.45, 7) is 0. The highest BCUT2D eigenvalue weighted by molar-refractivity contribution is 5.92. The normalized spacial score (nSPS) is 14.0. The molecule has 0 radical (unpaired) electrons. The number of nitrogens with two attached hydrogens (primary N) is 1. The van der Waals surface area contributed by atoms with Crippen molar-refractivity contribution in [2.75, 3.05) is 11.1 Å². The first-order valence-corrected chi connectivity index (χ1v) is 5.52. The van der Waals surface area contributed by atoms with E-state index in [9.17, 15) is 0 Å². The number of fused-ring (bicyclic) bond motifs is 1. The number of allylic oxidation sites excluding steroid dienone is 2. The maximum atomic E-state index is 5.77. The number of benzene rings is 1. The van der Waals surface area contributed by atoms with Gasteiger partial charge in [-0.05, 0) is 30.5 Å². The molecule has 1 heterocycles. The lowest BCUT2D eigenvalue weighted by molar-refractivity contribution is 1.05. The molecule has 0 saturated heterocycles. The number of nitrogens with one attached hydrogen (secondary N) is 2. The minimum Gasteiger partial charge on any atom is -0.399 e. The van der Waals surface area contributed by atoms with Crippen LogP contribution in [0.4, 0.5) is 11.5 Å². The highest BCUT2D eigenvalue weighted by atomic mass is 15.2. The summed E-state index contributed by atoms with van der Waals surface area (Å²) in [7, 11) is 0. The van der Waals surface area contributed by atoms with Crippen LogP contribution in [0.1, 0.15) is 12.8 Å². The molecule has 2 aromatic rings. The van der Waals surface area contributed by atoms with E-state index in [1.807, 2.05) is 18.2 Å². The standard InChI is InChI=1S/C13H12N4/c14-9-6-7-12-11(8-9)13(17-16-12)15-10-4-2-1-3-5-10/h4,6-8H,1-2,14H2,(H2,15,16,17). The third-order valence-electron chi connectivity index (χ3n) is 2.68. The summed E-state index contributed by atoms with van der Waals surface area (Å²) in [5, 5.41) is 11.4. The van der Waals surface area contributed by atoms with Gasteiger partial charge in [0.05, 0.1) is 11.2 Å². The van der Waals surface area contributed by atoms with Crippen molar-refractivity contribution in [3.63, 3.8) is 0 Å². The predicted octanol–water partition coefficient (Wildman–Crippen LogP) is 2.24. The van der Waals surface area contributed by atoms with E-state index >= 15 is 0 Å². The van der Waals surface area contributed by atoms with Crippen LogP contribution in [0.2, 0.25) is 0 Å². The maximum Gasteiger partial charge on any atom is 0.160 e. The molecule has 0 fully saturated rings. The highest BCUT2D eigenvalue weighted by Gasteiger charge is 2.07. The lowest BCUT2D eigenvalue weighted by Gasteiger charge is -2.05. The van der Waals surface area contributed by atoms with Gasteiger partial charge in [-0.1, -0.05) is 12.0 Å². The Morgan fingerprint density at radius 1 is 1.41 bits per heavy atom. The minimum absolute atomic E-state index is 0.727. The van der Waals surface area contributed by atoms with E-state index < -0.39 is 0 Å². The first-order chi connectivity index (χ1) is 8.33. The molecule has 3 rings (SSSR count). The number of aromatic nitrogens is 2. The Hall–Kier alpha value is -2.41. The molecule has 4 nitrogen and oxygen atoms in total. The first kappa shape index (κ1) is 9.79. The van der Waals surface area contributed by atoms with Crippen LogP contribution in [-0.4, -0.2) is 10.2 Å². The molecular weight excluding hydrogens is 212 g/mol. The monoisotopic (exact) mass is 224 g/mol. The lowest BCUT2D eigenvalue weighted by Crippen LogP contribution is -2.00. The molecule has 84 valence electrons. The number of rotatable bonds is 2. The molecule has 0 aliphatic heterocycles. The zero-order valence-corrected chi connectivity index (χ0v) is 9.25. The topological polar surface area (TPSA) is 66.7 Å². The van der Waals surface area contributed by atoms with Crippen molar-refractivity contribution >= 4 is 22.4 Å². The lowest BCUT2D eigenvalue weighted by atomic mass is 10.2. The zero-order valence-electron chi connectivity index (χ0n) is 9.25. The van der Waals surface area contributed by atoms with Crippen molar-refractivity contribution in [2.45, 2.75) is 12.8 Å². The quantitative estimate of drug-likeness (QED) is 0.541. The van der Waals surface area contributed by atoms with Gasteiger partial charge < -0.3 is 11.1 Å². The molecular formula is C13H12N4. The molecule has 0 amide bonds.